The van der Waals surface area contributed by atoms with Crippen molar-refractivity contribution in [1.82, 2.24) is 4.90 Å². The van der Waals surface area contributed by atoms with Crippen LogP contribution in [-0.4, -0.2) is 23.9 Å². The van der Waals surface area contributed by atoms with E-state index in [-0.39, 0.29) is 11.9 Å². The van der Waals surface area contributed by atoms with Gasteiger partial charge in [-0.15, -0.1) is 0 Å². The van der Waals surface area contributed by atoms with E-state index in [4.69, 9.17) is 16.9 Å². The number of amides is 1. The van der Waals surface area contributed by atoms with Gasteiger partial charge in [0.15, 0.2) is 0 Å². The SMILES string of the molecule is C[C@@H](CC#N)N(C)C(=O)c1cc(Cl)ccc1I. The van der Waals surface area contributed by atoms with Gasteiger partial charge in [0.1, 0.15) is 0 Å². The van der Waals surface area contributed by atoms with Crippen LogP contribution in [0.4, 0.5) is 0 Å². The first kappa shape index (κ1) is 14.3. The smallest absolute Gasteiger partial charge is 0.254 e. The molecule has 0 aliphatic carbocycles. The fourth-order valence-corrected chi connectivity index (χ4v) is 2.06. The number of carbonyl (C=O) groups excluding carboxylic acids is 1. The highest BCUT2D eigenvalue weighted by molar-refractivity contribution is 14.1. The summed E-state index contributed by atoms with van der Waals surface area (Å²) in [7, 11) is 1.70. The van der Waals surface area contributed by atoms with Gasteiger partial charge in [-0.1, -0.05) is 11.6 Å². The van der Waals surface area contributed by atoms with Crippen molar-refractivity contribution in [2.24, 2.45) is 0 Å². The van der Waals surface area contributed by atoms with Crippen molar-refractivity contribution in [1.29, 1.82) is 5.26 Å². The van der Waals surface area contributed by atoms with Gasteiger partial charge in [-0.3, -0.25) is 4.79 Å². The summed E-state index contributed by atoms with van der Waals surface area (Å²) in [6, 6.07) is 7.16. The molecule has 1 aromatic carbocycles. The van der Waals surface area contributed by atoms with Crippen molar-refractivity contribution >= 4 is 40.1 Å². The fraction of sp³-hybridized carbons (Fsp3) is 0.333. The lowest BCUT2D eigenvalue weighted by Crippen LogP contribution is -2.35. The van der Waals surface area contributed by atoms with E-state index in [1.165, 1.54) is 0 Å². The number of rotatable bonds is 3. The van der Waals surface area contributed by atoms with Crippen LogP contribution in [0.5, 0.6) is 0 Å². The van der Waals surface area contributed by atoms with Gasteiger partial charge in [0.25, 0.3) is 5.91 Å². The van der Waals surface area contributed by atoms with Gasteiger partial charge in [0, 0.05) is 21.7 Å². The molecule has 0 aliphatic rings. The molecule has 1 rings (SSSR count). The van der Waals surface area contributed by atoms with Gasteiger partial charge in [-0.2, -0.15) is 5.26 Å². The molecule has 17 heavy (non-hydrogen) atoms. The van der Waals surface area contributed by atoms with Crippen LogP contribution in [0, 0.1) is 14.9 Å². The first-order valence-corrected chi connectivity index (χ1v) is 6.52. The van der Waals surface area contributed by atoms with E-state index in [9.17, 15) is 4.79 Å². The standard InChI is InChI=1S/C12H12ClIN2O/c1-8(5-6-15)16(2)12(17)10-7-9(13)3-4-11(10)14/h3-4,7-8H,5H2,1-2H3/t8-/m0/s1. The first-order chi connectivity index (χ1) is 7.97. The van der Waals surface area contributed by atoms with Gasteiger partial charge in [0.2, 0.25) is 0 Å². The predicted octanol–water partition coefficient (Wildman–Crippen LogP) is 3.32. The van der Waals surface area contributed by atoms with Crippen molar-refractivity contribution in [3.63, 3.8) is 0 Å². The predicted molar refractivity (Wildman–Crippen MR) is 76.0 cm³/mol. The molecule has 0 aliphatic heterocycles. The van der Waals surface area contributed by atoms with Crippen molar-refractivity contribution in [2.45, 2.75) is 19.4 Å². The van der Waals surface area contributed by atoms with Crippen molar-refractivity contribution in [3.8, 4) is 6.07 Å². The lowest BCUT2D eigenvalue weighted by atomic mass is 10.1. The van der Waals surface area contributed by atoms with Gasteiger partial charge >= 0.3 is 0 Å². The third-order valence-corrected chi connectivity index (χ3v) is 3.70. The Morgan fingerprint density at radius 3 is 2.88 bits per heavy atom. The van der Waals surface area contributed by atoms with E-state index in [0.717, 1.165) is 3.57 Å². The Balaban J connectivity index is 2.96. The number of nitrogens with zero attached hydrogens (tertiary/aromatic N) is 2. The zero-order chi connectivity index (χ0) is 13.0. The molecule has 1 amide bonds. The minimum absolute atomic E-state index is 0.109. The van der Waals surface area contributed by atoms with E-state index in [1.807, 2.05) is 6.92 Å². The van der Waals surface area contributed by atoms with Crippen molar-refractivity contribution in [3.05, 3.63) is 32.4 Å². The van der Waals surface area contributed by atoms with E-state index in [2.05, 4.69) is 28.7 Å². The molecule has 0 radical (unpaired) electrons. The molecule has 0 saturated carbocycles. The van der Waals surface area contributed by atoms with Gasteiger partial charge < -0.3 is 4.90 Å². The summed E-state index contributed by atoms with van der Waals surface area (Å²) in [4.78, 5) is 13.8. The molecule has 0 bridgehead atoms. The summed E-state index contributed by atoms with van der Waals surface area (Å²) in [5, 5.41) is 9.16. The molecular weight excluding hydrogens is 351 g/mol. The second-order valence-corrected chi connectivity index (χ2v) is 5.35. The van der Waals surface area contributed by atoms with Crippen LogP contribution in [0.2, 0.25) is 5.02 Å². The Morgan fingerprint density at radius 2 is 2.29 bits per heavy atom. The normalized spacial score (nSPS) is 11.7. The summed E-state index contributed by atoms with van der Waals surface area (Å²) < 4.78 is 0.855. The maximum Gasteiger partial charge on any atom is 0.254 e. The number of halogens is 2. The quantitative estimate of drug-likeness (QED) is 0.774. The van der Waals surface area contributed by atoms with Crippen LogP contribution in [0.25, 0.3) is 0 Å². The number of hydrogen-bond acceptors (Lipinski definition) is 2. The molecule has 3 nitrogen and oxygen atoms in total. The largest absolute Gasteiger partial charge is 0.338 e. The van der Waals surface area contributed by atoms with Crippen molar-refractivity contribution < 1.29 is 4.79 Å². The third kappa shape index (κ3) is 3.58. The molecule has 0 heterocycles. The Morgan fingerprint density at radius 1 is 1.65 bits per heavy atom. The summed E-state index contributed by atoms with van der Waals surface area (Å²) in [6.07, 6.45) is 0.319. The number of nitriles is 1. The topological polar surface area (TPSA) is 44.1 Å². The molecule has 90 valence electrons. The minimum atomic E-state index is -0.111. The summed E-state index contributed by atoms with van der Waals surface area (Å²) in [5.74, 6) is -0.111. The van der Waals surface area contributed by atoms with E-state index < -0.39 is 0 Å². The molecular formula is C12H12ClIN2O. The monoisotopic (exact) mass is 362 g/mol. The zero-order valence-electron chi connectivity index (χ0n) is 9.58. The number of carbonyl (C=O) groups is 1. The second-order valence-electron chi connectivity index (χ2n) is 3.75. The van der Waals surface area contributed by atoms with Gasteiger partial charge in [-0.25, -0.2) is 0 Å². The van der Waals surface area contributed by atoms with Gasteiger partial charge in [-0.05, 0) is 47.7 Å². The summed E-state index contributed by atoms with van der Waals surface area (Å²) in [6.45, 7) is 1.85. The van der Waals surface area contributed by atoms with Crippen LogP contribution in [0.3, 0.4) is 0 Å². The van der Waals surface area contributed by atoms with Crippen LogP contribution in [0.15, 0.2) is 18.2 Å². The van der Waals surface area contributed by atoms with Crippen molar-refractivity contribution in [2.75, 3.05) is 7.05 Å². The van der Waals surface area contributed by atoms with E-state index >= 15 is 0 Å². The lowest BCUT2D eigenvalue weighted by Gasteiger charge is -2.23. The maximum absolute atomic E-state index is 12.2. The highest BCUT2D eigenvalue weighted by Gasteiger charge is 2.19. The van der Waals surface area contributed by atoms with Gasteiger partial charge in [0.05, 0.1) is 18.1 Å². The number of benzene rings is 1. The third-order valence-electron chi connectivity index (χ3n) is 2.53. The molecule has 1 aromatic rings. The Labute approximate surface area is 120 Å². The molecule has 0 unspecified atom stereocenters. The Bertz CT molecular complexity index is 470. The molecule has 0 saturated heterocycles. The molecule has 0 N–H and O–H groups in total. The van der Waals surface area contributed by atoms with E-state index in [1.54, 1.807) is 30.1 Å². The second kappa shape index (κ2) is 6.22. The summed E-state index contributed by atoms with van der Waals surface area (Å²) >= 11 is 7.98. The average Bonchev–Trinajstić information content (AvgIpc) is 2.30. The highest BCUT2D eigenvalue weighted by Crippen LogP contribution is 2.20. The zero-order valence-corrected chi connectivity index (χ0v) is 12.5. The minimum Gasteiger partial charge on any atom is -0.338 e. The molecule has 1 atom stereocenters. The Kier molecular flexibility index (Phi) is 5.22. The Hall–Kier alpha value is -0.800. The van der Waals surface area contributed by atoms with E-state index in [0.29, 0.717) is 17.0 Å². The van der Waals surface area contributed by atoms with Crippen LogP contribution in [0.1, 0.15) is 23.7 Å². The molecule has 5 heteroatoms. The molecule has 0 spiro atoms. The molecule has 0 fully saturated rings. The van der Waals surface area contributed by atoms with Crippen LogP contribution in [-0.2, 0) is 0 Å². The van der Waals surface area contributed by atoms with Crippen LogP contribution >= 0.6 is 34.2 Å². The first-order valence-electron chi connectivity index (χ1n) is 5.06. The fourth-order valence-electron chi connectivity index (χ4n) is 1.32. The molecule has 0 aromatic heterocycles. The average molecular weight is 363 g/mol. The highest BCUT2D eigenvalue weighted by atomic mass is 127. The summed E-state index contributed by atoms with van der Waals surface area (Å²) in [5.41, 5.74) is 0.574. The lowest BCUT2D eigenvalue weighted by molar-refractivity contribution is 0.0745. The number of hydrogen-bond donors (Lipinski definition) is 0. The van der Waals surface area contributed by atoms with Crippen LogP contribution < -0.4 is 0 Å². The maximum atomic E-state index is 12.2.